The minimum absolute atomic E-state index is 0.00367. The van der Waals surface area contributed by atoms with Crippen LogP contribution in [0, 0.1) is 35.0 Å². The maximum atomic E-state index is 11.8. The van der Waals surface area contributed by atoms with Crippen molar-refractivity contribution in [2.24, 2.45) is 40.3 Å². The number of primary amides is 1. The number of carbonyl (C=O) groups is 7. The van der Waals surface area contributed by atoms with Gasteiger partial charge in [-0.2, -0.15) is 5.26 Å². The minimum Gasteiger partial charge on any atom is -0.481 e. The lowest BCUT2D eigenvalue weighted by atomic mass is 10.1. The largest absolute Gasteiger partial charge is 0.481 e. The fraction of sp³-hybridized carbons (Fsp3) is 0.772. The van der Waals surface area contributed by atoms with Gasteiger partial charge in [0.25, 0.3) is 0 Å². The molecule has 2 aromatic rings. The number of ether oxygens (including phenoxy) is 5. The van der Waals surface area contributed by atoms with Crippen molar-refractivity contribution < 1.29 is 76.6 Å². The maximum absolute atomic E-state index is 11.8. The molecule has 6 fully saturated rings. The van der Waals surface area contributed by atoms with E-state index in [0.29, 0.717) is 95.7 Å². The summed E-state index contributed by atoms with van der Waals surface area (Å²) in [5.41, 5.74) is 8.18. The normalized spacial score (nSPS) is 21.8. The molecule has 8 rings (SSSR count). The highest BCUT2D eigenvalue weighted by Crippen LogP contribution is 2.27. The highest BCUT2D eigenvalue weighted by molar-refractivity contribution is 5.83. The quantitative estimate of drug-likeness (QED) is 0.0653. The number of aliphatic carboxylic acids is 1. The summed E-state index contributed by atoms with van der Waals surface area (Å²) in [6.07, 6.45) is 2.57. The van der Waals surface area contributed by atoms with Crippen molar-refractivity contribution in [3.63, 3.8) is 0 Å². The van der Waals surface area contributed by atoms with E-state index in [1.165, 1.54) is 9.80 Å². The number of aromatic amines is 2. The van der Waals surface area contributed by atoms with Crippen molar-refractivity contribution >= 4 is 48.2 Å². The van der Waals surface area contributed by atoms with Gasteiger partial charge in [0.2, 0.25) is 5.91 Å². The Hall–Kier alpha value is -8.11. The molecule has 32 heteroatoms. The number of hydrogen-bond acceptors (Lipinski definition) is 22. The molecule has 6 unspecified atom stereocenters. The minimum atomic E-state index is -0.846. The first-order valence-electron chi connectivity index (χ1n) is 29.7. The Labute approximate surface area is 518 Å². The monoisotopic (exact) mass is 1260 g/mol. The van der Waals surface area contributed by atoms with Crippen LogP contribution in [0.25, 0.3) is 0 Å². The van der Waals surface area contributed by atoms with E-state index in [2.05, 4.69) is 45.9 Å². The number of nitrogens with two attached hydrogens (primary N) is 2. The Kier molecular flexibility index (Phi) is 27.8. The summed E-state index contributed by atoms with van der Waals surface area (Å²) in [5.74, 6) is -1.34. The number of nitriles is 1. The number of carboxylic acid groups (broad SMARTS) is 1. The lowest BCUT2D eigenvalue weighted by Crippen LogP contribution is -2.36. The summed E-state index contributed by atoms with van der Waals surface area (Å²) in [7, 11) is 0. The van der Waals surface area contributed by atoms with E-state index < -0.39 is 57.5 Å². The van der Waals surface area contributed by atoms with E-state index in [1.807, 2.05) is 83.1 Å². The number of carboxylic acids is 1. The van der Waals surface area contributed by atoms with Gasteiger partial charge in [0.15, 0.2) is 11.6 Å². The lowest BCUT2D eigenvalue weighted by Gasteiger charge is -2.24. The fourth-order valence-corrected chi connectivity index (χ4v) is 9.07. The van der Waals surface area contributed by atoms with E-state index in [4.69, 9.17) is 50.7 Å². The van der Waals surface area contributed by atoms with Crippen LogP contribution in [-0.2, 0) is 33.3 Å². The number of carbonyl (C=O) groups excluding carboxylic acids is 6. The second-order valence-electron chi connectivity index (χ2n) is 27.1. The molecule has 32 nitrogen and oxygen atoms in total. The molecule has 8 heterocycles. The highest BCUT2D eigenvalue weighted by Gasteiger charge is 2.37. The molecule has 0 bridgehead atoms. The predicted molar refractivity (Wildman–Crippen MR) is 319 cm³/mol. The molecule has 0 aliphatic carbocycles. The summed E-state index contributed by atoms with van der Waals surface area (Å²) in [6, 6.07) is 2.16. The molecule has 0 spiro atoms. The van der Waals surface area contributed by atoms with Crippen molar-refractivity contribution in [3.05, 3.63) is 32.8 Å². The third-order valence-electron chi connectivity index (χ3n) is 13.4. The summed E-state index contributed by atoms with van der Waals surface area (Å²) >= 11 is 0. The summed E-state index contributed by atoms with van der Waals surface area (Å²) < 4.78 is 34.9. The Bertz CT molecular complexity index is 2780. The van der Waals surface area contributed by atoms with Gasteiger partial charge in [0, 0.05) is 89.7 Å². The molecule has 9 N–H and O–H groups in total. The molecule has 6 atom stereocenters. The molecule has 0 radical (unpaired) electrons. The second-order valence-corrected chi connectivity index (χ2v) is 27.1. The van der Waals surface area contributed by atoms with Gasteiger partial charge in [-0.1, -0.05) is 15.5 Å². The van der Waals surface area contributed by atoms with E-state index >= 15 is 0 Å². The summed E-state index contributed by atoms with van der Waals surface area (Å²) in [5, 5.41) is 39.4. The van der Waals surface area contributed by atoms with Gasteiger partial charge < -0.3 is 75.3 Å². The average molecular weight is 1270 g/mol. The van der Waals surface area contributed by atoms with Gasteiger partial charge in [-0.05, 0) is 149 Å². The number of nitrogens with one attached hydrogen (secondary N) is 3. The van der Waals surface area contributed by atoms with Crippen molar-refractivity contribution in [2.45, 2.75) is 182 Å². The molecular weight excluding hydrogens is 1170 g/mol. The van der Waals surface area contributed by atoms with E-state index in [1.54, 1.807) is 35.5 Å². The van der Waals surface area contributed by atoms with Gasteiger partial charge in [0.1, 0.15) is 33.8 Å². The molecule has 0 aromatic carbocycles. The smallest absolute Gasteiger partial charge is 0.438 e. The summed E-state index contributed by atoms with van der Waals surface area (Å²) in [4.78, 5) is 114. The average Bonchev–Trinajstić information content (AvgIpc) is 3.07. The molecule has 89 heavy (non-hydrogen) atoms. The number of rotatable bonds is 5. The van der Waals surface area contributed by atoms with Crippen LogP contribution in [0.5, 0.6) is 0 Å². The molecule has 6 saturated heterocycles. The summed E-state index contributed by atoms with van der Waals surface area (Å²) in [6.45, 7) is 34.0. The van der Waals surface area contributed by atoms with Crippen LogP contribution in [0.15, 0.2) is 23.8 Å². The second kappa shape index (κ2) is 32.9. The SMILES string of the molecule is CC(C)(C)OC(=O)N1CCC(/C(N)=N/O)C1.CC(C)(C)OC(=O)N1CCC(C#N)C1.CC(C)(C)OC(=O)N1CCC(C(=O)O)C1.CC(C)(C)OC(=O)N1CCC(C(N)=O)C1.CC(C)(C)OC(=O)N1CCC(c2noc(=O)[nH]2)C1.O=c1[nH]c(C2CCNC2)no1. The van der Waals surface area contributed by atoms with Crippen LogP contribution in [0.3, 0.4) is 0 Å². The van der Waals surface area contributed by atoms with Gasteiger partial charge in [-0.25, -0.2) is 33.6 Å². The van der Waals surface area contributed by atoms with Crippen molar-refractivity contribution in [1.29, 1.82) is 5.26 Å². The number of amides is 6. The first-order chi connectivity index (χ1) is 41.0. The third kappa shape index (κ3) is 28.3. The molecule has 6 amide bonds. The molecule has 502 valence electrons. The topological polar surface area (TPSA) is 440 Å². The van der Waals surface area contributed by atoms with Crippen LogP contribution in [0.1, 0.15) is 166 Å². The van der Waals surface area contributed by atoms with Crippen LogP contribution in [0.2, 0.25) is 0 Å². The lowest BCUT2D eigenvalue weighted by molar-refractivity contribution is -0.141. The highest BCUT2D eigenvalue weighted by atomic mass is 16.6. The number of nitrogens with zero attached hydrogens (tertiary/aromatic N) is 9. The van der Waals surface area contributed by atoms with Crippen LogP contribution in [0.4, 0.5) is 24.0 Å². The van der Waals surface area contributed by atoms with E-state index in [9.17, 15) is 43.2 Å². The fourth-order valence-electron chi connectivity index (χ4n) is 9.07. The molecule has 6 aliphatic heterocycles. The van der Waals surface area contributed by atoms with Crippen molar-refractivity contribution in [2.75, 3.05) is 78.5 Å². The zero-order valence-electron chi connectivity index (χ0n) is 54.3. The standard InChI is InChI=1S/C11H17N3O4.C10H19N3O3.C10H18N2O3.C10H16N2O2.C10H17NO4.C6H9N3O2/c1-11(2,3)17-10(16)14-5-4-7(6-14)8-12-9(15)18-13-8;1-10(2,3)16-9(14)13-5-4-7(6-13)8(11)12-15;1-10(2,3)15-9(14)12-5-4-7(6-12)8(11)13;1-10(2,3)14-9(13)12-5-4-8(6-11)7-12;1-10(2,3)15-9(14)11-5-4-7(6-11)8(12)13;10-6-8-5(9-11-6)4-1-2-7-3-4/h7H,4-6H2,1-3H3,(H,12,13,15);7,15H,4-6H2,1-3H3,(H2,11,12);7H,4-6H2,1-3H3,(H2,11,13);8H,4-5,7H2,1-3H3;7H,4-6H2,1-3H3,(H,12,13);4,7H,1-3H2,(H,8,9,10). The Balaban J connectivity index is 0.000000280. The Morgan fingerprint density at radius 2 is 0.876 bits per heavy atom. The van der Waals surface area contributed by atoms with Gasteiger partial charge in [-0.15, -0.1) is 0 Å². The molecule has 0 saturated carbocycles. The van der Waals surface area contributed by atoms with E-state index in [0.717, 1.165) is 32.4 Å². The molecular formula is C57H96N14O18. The first kappa shape index (κ1) is 75.1. The molecule has 6 aliphatic rings. The first-order valence-corrected chi connectivity index (χ1v) is 29.7. The number of amidine groups is 1. The number of hydrogen-bond donors (Lipinski definition) is 7. The van der Waals surface area contributed by atoms with E-state index in [-0.39, 0.29) is 66.3 Å². The number of aromatic nitrogens is 4. The number of likely N-dealkylation sites (tertiary alicyclic amines) is 5. The molecule has 2 aromatic heterocycles. The zero-order chi connectivity index (χ0) is 67.4. The third-order valence-corrected chi connectivity index (χ3v) is 13.4. The van der Waals surface area contributed by atoms with Gasteiger partial charge in [0.05, 0.1) is 23.8 Å². The van der Waals surface area contributed by atoms with Crippen LogP contribution in [-0.4, -0.2) is 210 Å². The Morgan fingerprint density at radius 1 is 0.528 bits per heavy atom. The van der Waals surface area contributed by atoms with Crippen molar-refractivity contribution in [1.82, 2.24) is 50.1 Å². The number of oxime groups is 1. The number of H-pyrrole nitrogens is 2. The van der Waals surface area contributed by atoms with Crippen LogP contribution < -0.4 is 28.3 Å². The van der Waals surface area contributed by atoms with Gasteiger partial charge >= 0.3 is 47.9 Å². The van der Waals surface area contributed by atoms with Crippen LogP contribution >= 0.6 is 0 Å². The van der Waals surface area contributed by atoms with Crippen molar-refractivity contribution in [3.8, 4) is 6.07 Å². The van der Waals surface area contributed by atoms with Gasteiger partial charge in [-0.3, -0.25) is 28.6 Å². The predicted octanol–water partition coefficient (Wildman–Crippen LogP) is 5.34. The Morgan fingerprint density at radius 3 is 1.19 bits per heavy atom. The maximum Gasteiger partial charge on any atom is 0.438 e. The zero-order valence-corrected chi connectivity index (χ0v) is 54.3.